The molecule has 1 aliphatic rings. The minimum Gasteiger partial charge on any atom is -0.326 e. The van der Waals surface area contributed by atoms with E-state index in [1.165, 1.54) is 25.1 Å². The number of amides is 2. The lowest BCUT2D eigenvalue weighted by Crippen LogP contribution is -2.37. The number of rotatable bonds is 4. The molecule has 5 nitrogen and oxygen atoms in total. The van der Waals surface area contributed by atoms with Gasteiger partial charge in [0.1, 0.15) is 5.82 Å². The highest BCUT2D eigenvalue weighted by Gasteiger charge is 2.39. The van der Waals surface area contributed by atoms with Crippen molar-refractivity contribution >= 4 is 23.2 Å². The number of hydrogen-bond acceptors (Lipinski definition) is 3. The minimum absolute atomic E-state index is 0.0889. The summed E-state index contributed by atoms with van der Waals surface area (Å²) in [5, 5.41) is 8.39. The Hall–Kier alpha value is -1.95. The van der Waals surface area contributed by atoms with Gasteiger partial charge in [0.25, 0.3) is 0 Å². The van der Waals surface area contributed by atoms with Crippen molar-refractivity contribution < 1.29 is 14.0 Å². The first-order valence-electron chi connectivity index (χ1n) is 7.06. The lowest BCUT2D eigenvalue weighted by Gasteiger charge is -2.25. The van der Waals surface area contributed by atoms with E-state index in [2.05, 4.69) is 16.0 Å². The molecule has 21 heavy (non-hydrogen) atoms. The molecule has 0 aliphatic carbocycles. The maximum Gasteiger partial charge on any atom is 0.231 e. The molecule has 2 rings (SSSR count). The molecule has 0 spiro atoms. The Balaban J connectivity index is 2.18. The van der Waals surface area contributed by atoms with E-state index in [-0.39, 0.29) is 17.5 Å². The number of carbonyl (C=O) groups is 2. The third-order valence-electron chi connectivity index (χ3n) is 3.94. The van der Waals surface area contributed by atoms with Crippen LogP contribution in [0.1, 0.15) is 26.7 Å². The van der Waals surface area contributed by atoms with Gasteiger partial charge in [0.2, 0.25) is 11.8 Å². The first kappa shape index (κ1) is 15.4. The van der Waals surface area contributed by atoms with E-state index >= 15 is 0 Å². The molecule has 0 aromatic heterocycles. The summed E-state index contributed by atoms with van der Waals surface area (Å²) < 4.78 is 13.8. The SMILES string of the molecule is CCC1(C(=O)Nc2cc(NC(C)=O)ccc2F)CCNC1. The van der Waals surface area contributed by atoms with Crippen LogP contribution < -0.4 is 16.0 Å². The number of nitrogens with one attached hydrogen (secondary N) is 3. The summed E-state index contributed by atoms with van der Waals surface area (Å²) in [6, 6.07) is 4.12. The van der Waals surface area contributed by atoms with E-state index in [0.29, 0.717) is 18.7 Å². The lowest BCUT2D eigenvalue weighted by molar-refractivity contribution is -0.124. The molecular formula is C15H20FN3O2. The van der Waals surface area contributed by atoms with Gasteiger partial charge in [0.05, 0.1) is 11.1 Å². The minimum atomic E-state index is -0.519. The standard InChI is InChI=1S/C15H20FN3O2/c1-3-15(6-7-17-9-15)14(21)19-13-8-11(18-10(2)20)4-5-12(13)16/h4-5,8,17H,3,6-7,9H2,1-2H3,(H,18,20)(H,19,21). The molecular weight excluding hydrogens is 273 g/mol. The van der Waals surface area contributed by atoms with Gasteiger partial charge >= 0.3 is 0 Å². The highest BCUT2D eigenvalue weighted by Crippen LogP contribution is 2.31. The zero-order valence-corrected chi connectivity index (χ0v) is 12.3. The second-order valence-corrected chi connectivity index (χ2v) is 5.39. The van der Waals surface area contributed by atoms with Crippen LogP contribution in [0, 0.1) is 11.2 Å². The van der Waals surface area contributed by atoms with Crippen LogP contribution in [0.5, 0.6) is 0 Å². The van der Waals surface area contributed by atoms with Crippen molar-refractivity contribution in [1.29, 1.82) is 0 Å². The summed E-state index contributed by atoms with van der Waals surface area (Å²) in [6.45, 7) is 4.71. The Morgan fingerprint density at radius 1 is 1.38 bits per heavy atom. The molecule has 0 radical (unpaired) electrons. The summed E-state index contributed by atoms with van der Waals surface area (Å²) in [5.41, 5.74) is 0.0523. The number of anilines is 2. The van der Waals surface area contributed by atoms with Crippen LogP contribution in [0.25, 0.3) is 0 Å². The first-order valence-corrected chi connectivity index (χ1v) is 7.06. The monoisotopic (exact) mass is 293 g/mol. The smallest absolute Gasteiger partial charge is 0.231 e. The molecule has 0 bridgehead atoms. The first-order chi connectivity index (χ1) is 9.97. The summed E-state index contributed by atoms with van der Waals surface area (Å²) in [7, 11) is 0. The van der Waals surface area contributed by atoms with E-state index < -0.39 is 11.2 Å². The van der Waals surface area contributed by atoms with Gasteiger partial charge < -0.3 is 16.0 Å². The van der Waals surface area contributed by atoms with Crippen molar-refractivity contribution in [2.24, 2.45) is 5.41 Å². The Labute approximate surface area is 123 Å². The van der Waals surface area contributed by atoms with Crippen LogP contribution >= 0.6 is 0 Å². The van der Waals surface area contributed by atoms with Crippen molar-refractivity contribution in [2.75, 3.05) is 23.7 Å². The van der Waals surface area contributed by atoms with Crippen molar-refractivity contribution in [3.8, 4) is 0 Å². The Bertz CT molecular complexity index is 554. The molecule has 1 fully saturated rings. The maximum absolute atomic E-state index is 13.8. The Morgan fingerprint density at radius 2 is 2.14 bits per heavy atom. The van der Waals surface area contributed by atoms with E-state index in [0.717, 1.165) is 13.0 Å². The van der Waals surface area contributed by atoms with E-state index in [9.17, 15) is 14.0 Å². The maximum atomic E-state index is 13.8. The van der Waals surface area contributed by atoms with Gasteiger partial charge in [0, 0.05) is 19.2 Å². The highest BCUT2D eigenvalue weighted by molar-refractivity contribution is 5.97. The average Bonchev–Trinajstić information content (AvgIpc) is 2.92. The zero-order chi connectivity index (χ0) is 15.5. The Morgan fingerprint density at radius 3 is 2.71 bits per heavy atom. The largest absolute Gasteiger partial charge is 0.326 e. The third kappa shape index (κ3) is 3.39. The van der Waals surface area contributed by atoms with Gasteiger partial charge in [-0.3, -0.25) is 9.59 Å². The molecule has 2 amide bonds. The van der Waals surface area contributed by atoms with Gasteiger partial charge in [-0.25, -0.2) is 4.39 Å². The second kappa shape index (κ2) is 6.22. The molecule has 1 aliphatic heterocycles. The van der Waals surface area contributed by atoms with Gasteiger partial charge in [-0.05, 0) is 37.6 Å². The summed E-state index contributed by atoms with van der Waals surface area (Å²) in [5.74, 6) is -0.951. The molecule has 1 atom stereocenters. The summed E-state index contributed by atoms with van der Waals surface area (Å²) in [6.07, 6.45) is 1.43. The molecule has 1 saturated heterocycles. The number of carbonyl (C=O) groups excluding carboxylic acids is 2. The Kier molecular flexibility index (Phi) is 4.57. The van der Waals surface area contributed by atoms with Crippen molar-refractivity contribution in [3.05, 3.63) is 24.0 Å². The highest BCUT2D eigenvalue weighted by atomic mass is 19.1. The third-order valence-corrected chi connectivity index (χ3v) is 3.94. The van der Waals surface area contributed by atoms with Crippen molar-refractivity contribution in [3.63, 3.8) is 0 Å². The summed E-state index contributed by atoms with van der Waals surface area (Å²) >= 11 is 0. The summed E-state index contributed by atoms with van der Waals surface area (Å²) in [4.78, 5) is 23.5. The van der Waals surface area contributed by atoms with Crippen LogP contribution in [0.15, 0.2) is 18.2 Å². The van der Waals surface area contributed by atoms with E-state index in [4.69, 9.17) is 0 Å². The normalized spacial score (nSPS) is 21.1. The van der Waals surface area contributed by atoms with Crippen molar-refractivity contribution in [2.45, 2.75) is 26.7 Å². The molecule has 3 N–H and O–H groups in total. The van der Waals surface area contributed by atoms with Crippen LogP contribution in [0.4, 0.5) is 15.8 Å². The quantitative estimate of drug-likeness (QED) is 0.796. The van der Waals surface area contributed by atoms with Crippen LogP contribution in [0.3, 0.4) is 0 Å². The number of benzene rings is 1. The van der Waals surface area contributed by atoms with Crippen LogP contribution in [-0.4, -0.2) is 24.9 Å². The fraction of sp³-hybridized carbons (Fsp3) is 0.467. The predicted molar refractivity (Wildman–Crippen MR) is 79.5 cm³/mol. The topological polar surface area (TPSA) is 70.2 Å². The molecule has 0 saturated carbocycles. The second-order valence-electron chi connectivity index (χ2n) is 5.39. The van der Waals surface area contributed by atoms with E-state index in [1.807, 2.05) is 6.92 Å². The fourth-order valence-electron chi connectivity index (χ4n) is 2.56. The van der Waals surface area contributed by atoms with Gasteiger partial charge in [-0.15, -0.1) is 0 Å². The molecule has 1 aromatic rings. The fourth-order valence-corrected chi connectivity index (χ4v) is 2.56. The molecule has 1 unspecified atom stereocenters. The van der Waals surface area contributed by atoms with Crippen LogP contribution in [0.2, 0.25) is 0 Å². The number of hydrogen-bond donors (Lipinski definition) is 3. The zero-order valence-electron chi connectivity index (χ0n) is 12.3. The molecule has 6 heteroatoms. The number of halogens is 1. The average molecular weight is 293 g/mol. The predicted octanol–water partition coefficient (Wildman–Crippen LogP) is 2.11. The lowest BCUT2D eigenvalue weighted by atomic mass is 9.83. The molecule has 114 valence electrons. The van der Waals surface area contributed by atoms with E-state index in [1.54, 1.807) is 0 Å². The van der Waals surface area contributed by atoms with Gasteiger partial charge in [-0.1, -0.05) is 6.92 Å². The van der Waals surface area contributed by atoms with Crippen molar-refractivity contribution in [1.82, 2.24) is 5.32 Å². The van der Waals surface area contributed by atoms with Crippen LogP contribution in [-0.2, 0) is 9.59 Å². The van der Waals surface area contributed by atoms with Gasteiger partial charge in [0.15, 0.2) is 0 Å². The molecule has 1 heterocycles. The van der Waals surface area contributed by atoms with Gasteiger partial charge in [-0.2, -0.15) is 0 Å². The molecule has 1 aromatic carbocycles.